The average Bonchev–Trinajstić information content (AvgIpc) is 2.46. The number of nitrogens with two attached hydrogens (primary N) is 1. The number of aryl methyl sites for hydroxylation is 1. The zero-order valence-electron chi connectivity index (χ0n) is 11.7. The van der Waals surface area contributed by atoms with Crippen molar-refractivity contribution in [2.24, 2.45) is 11.7 Å². The molecule has 1 aromatic rings. The number of carbonyl (C=O) groups is 1. The van der Waals surface area contributed by atoms with Crippen molar-refractivity contribution in [3.05, 3.63) is 35.4 Å². The number of thiocarbonyl (C=S) groups is 1. The third-order valence-electron chi connectivity index (χ3n) is 3.87. The van der Waals surface area contributed by atoms with E-state index in [0.29, 0.717) is 4.99 Å². The van der Waals surface area contributed by atoms with E-state index in [-0.39, 0.29) is 11.8 Å². The first-order chi connectivity index (χ1) is 9.66. The minimum atomic E-state index is 0.125. The monoisotopic (exact) mass is 290 g/mol. The molecule has 0 radical (unpaired) electrons. The maximum Gasteiger partial charge on any atom is 0.223 e. The van der Waals surface area contributed by atoms with Crippen LogP contribution in [0, 0.1) is 5.92 Å². The fraction of sp³-hybridized carbons (Fsp3) is 0.500. The maximum absolute atomic E-state index is 12.1. The van der Waals surface area contributed by atoms with Gasteiger partial charge in [0.15, 0.2) is 0 Å². The number of carbonyl (C=O) groups excluding carboxylic acids is 1. The highest BCUT2D eigenvalue weighted by atomic mass is 32.1. The first-order valence-corrected chi connectivity index (χ1v) is 7.70. The van der Waals surface area contributed by atoms with Crippen LogP contribution in [0.3, 0.4) is 0 Å². The average molecular weight is 290 g/mol. The molecule has 1 aliphatic rings. The Bertz CT molecular complexity index is 487. The fourth-order valence-corrected chi connectivity index (χ4v) is 2.85. The summed E-state index contributed by atoms with van der Waals surface area (Å²) < 4.78 is 0. The maximum atomic E-state index is 12.1. The topological polar surface area (TPSA) is 55.1 Å². The molecule has 1 amide bonds. The molecule has 0 fully saturated rings. The van der Waals surface area contributed by atoms with Gasteiger partial charge in [0.05, 0.1) is 4.99 Å². The number of fused-ring (bicyclic) bond motifs is 1. The first kappa shape index (κ1) is 15.0. The molecule has 0 aliphatic heterocycles. The van der Waals surface area contributed by atoms with Gasteiger partial charge in [-0.3, -0.25) is 4.79 Å². The Balaban J connectivity index is 1.73. The van der Waals surface area contributed by atoms with E-state index in [2.05, 4.69) is 29.6 Å². The Labute approximate surface area is 125 Å². The van der Waals surface area contributed by atoms with Crippen molar-refractivity contribution in [2.75, 3.05) is 6.54 Å². The molecule has 4 heteroatoms. The van der Waals surface area contributed by atoms with Gasteiger partial charge in [-0.05, 0) is 49.7 Å². The van der Waals surface area contributed by atoms with E-state index in [9.17, 15) is 4.79 Å². The van der Waals surface area contributed by atoms with Gasteiger partial charge in [0.25, 0.3) is 0 Å². The van der Waals surface area contributed by atoms with Crippen LogP contribution in [0.25, 0.3) is 0 Å². The summed E-state index contributed by atoms with van der Waals surface area (Å²) in [4.78, 5) is 12.7. The number of hydrogen-bond acceptors (Lipinski definition) is 2. The fourth-order valence-electron chi connectivity index (χ4n) is 2.70. The van der Waals surface area contributed by atoms with Gasteiger partial charge in [-0.1, -0.05) is 36.5 Å². The minimum absolute atomic E-state index is 0.125. The van der Waals surface area contributed by atoms with Crippen LogP contribution in [-0.4, -0.2) is 17.4 Å². The van der Waals surface area contributed by atoms with Crippen molar-refractivity contribution < 1.29 is 4.79 Å². The van der Waals surface area contributed by atoms with Crippen molar-refractivity contribution in [3.63, 3.8) is 0 Å². The van der Waals surface area contributed by atoms with Crippen LogP contribution in [0.4, 0.5) is 0 Å². The molecule has 0 spiro atoms. The molecular weight excluding hydrogens is 268 g/mol. The number of nitrogens with one attached hydrogen (secondary N) is 1. The van der Waals surface area contributed by atoms with Gasteiger partial charge in [0.1, 0.15) is 0 Å². The summed E-state index contributed by atoms with van der Waals surface area (Å²) in [7, 11) is 0. The third kappa shape index (κ3) is 4.30. The molecule has 2 rings (SSSR count). The lowest BCUT2D eigenvalue weighted by atomic mass is 9.83. The number of benzene rings is 1. The largest absolute Gasteiger partial charge is 0.393 e. The Morgan fingerprint density at radius 3 is 2.80 bits per heavy atom. The summed E-state index contributed by atoms with van der Waals surface area (Å²) in [6.07, 6.45) is 5.48. The lowest BCUT2D eigenvalue weighted by Crippen LogP contribution is -2.34. The number of hydrogen-bond donors (Lipinski definition) is 2. The summed E-state index contributed by atoms with van der Waals surface area (Å²) in [6.45, 7) is 0.722. The Hall–Kier alpha value is -1.42. The molecule has 1 aliphatic carbocycles. The van der Waals surface area contributed by atoms with E-state index in [1.807, 2.05) is 0 Å². The predicted octanol–water partition coefficient (Wildman–Crippen LogP) is 2.36. The molecule has 0 bridgehead atoms. The molecule has 3 nitrogen and oxygen atoms in total. The number of rotatable bonds is 6. The lowest BCUT2D eigenvalue weighted by Gasteiger charge is -2.23. The molecule has 3 N–H and O–H groups in total. The van der Waals surface area contributed by atoms with Gasteiger partial charge in [-0.15, -0.1) is 0 Å². The standard InChI is InChI=1S/C16H22N2OS/c17-15(20)7-3-4-10-18-16(19)14-9-8-12-5-1-2-6-13(12)11-14/h1-2,5-6,14H,3-4,7-11H2,(H2,17,20)(H,18,19). The van der Waals surface area contributed by atoms with Crippen molar-refractivity contribution in [1.29, 1.82) is 0 Å². The van der Waals surface area contributed by atoms with Crippen LogP contribution in [0.15, 0.2) is 24.3 Å². The molecular formula is C16H22N2OS. The van der Waals surface area contributed by atoms with Crippen LogP contribution >= 0.6 is 12.2 Å². The first-order valence-electron chi connectivity index (χ1n) is 7.29. The Morgan fingerprint density at radius 1 is 1.30 bits per heavy atom. The Kier molecular flexibility index (Phi) is 5.53. The van der Waals surface area contributed by atoms with Gasteiger partial charge in [0.2, 0.25) is 5.91 Å². The molecule has 20 heavy (non-hydrogen) atoms. The zero-order valence-corrected chi connectivity index (χ0v) is 12.5. The normalized spacial score (nSPS) is 17.3. The Morgan fingerprint density at radius 2 is 2.05 bits per heavy atom. The highest BCUT2D eigenvalue weighted by Crippen LogP contribution is 2.25. The second-order valence-electron chi connectivity index (χ2n) is 5.42. The lowest BCUT2D eigenvalue weighted by molar-refractivity contribution is -0.125. The van der Waals surface area contributed by atoms with E-state index < -0.39 is 0 Å². The van der Waals surface area contributed by atoms with E-state index in [1.165, 1.54) is 11.1 Å². The SMILES string of the molecule is NC(=S)CCCCNC(=O)C1CCc2ccccc2C1. The number of unbranched alkanes of at least 4 members (excludes halogenated alkanes) is 1. The van der Waals surface area contributed by atoms with Crippen LogP contribution in [0.2, 0.25) is 0 Å². The van der Waals surface area contributed by atoms with E-state index in [1.54, 1.807) is 0 Å². The second kappa shape index (κ2) is 7.39. The van der Waals surface area contributed by atoms with Crippen LogP contribution in [0.1, 0.15) is 36.8 Å². The molecule has 0 saturated carbocycles. The van der Waals surface area contributed by atoms with Gasteiger partial charge in [-0.2, -0.15) is 0 Å². The van der Waals surface area contributed by atoms with Crippen LogP contribution in [0.5, 0.6) is 0 Å². The summed E-state index contributed by atoms with van der Waals surface area (Å²) >= 11 is 4.83. The minimum Gasteiger partial charge on any atom is -0.393 e. The van der Waals surface area contributed by atoms with Gasteiger partial charge >= 0.3 is 0 Å². The van der Waals surface area contributed by atoms with Crippen molar-refractivity contribution >= 4 is 23.1 Å². The van der Waals surface area contributed by atoms with Crippen LogP contribution < -0.4 is 11.1 Å². The van der Waals surface area contributed by atoms with E-state index in [4.69, 9.17) is 18.0 Å². The smallest absolute Gasteiger partial charge is 0.223 e. The summed E-state index contributed by atoms with van der Waals surface area (Å²) in [5, 5.41) is 3.03. The van der Waals surface area contributed by atoms with Crippen molar-refractivity contribution in [3.8, 4) is 0 Å². The molecule has 0 aromatic heterocycles. The van der Waals surface area contributed by atoms with Crippen LogP contribution in [-0.2, 0) is 17.6 Å². The van der Waals surface area contributed by atoms with E-state index >= 15 is 0 Å². The summed E-state index contributed by atoms with van der Waals surface area (Å²) in [5.74, 6) is 0.315. The number of amides is 1. The molecule has 1 aromatic carbocycles. The van der Waals surface area contributed by atoms with Gasteiger partial charge in [-0.25, -0.2) is 0 Å². The quantitative estimate of drug-likeness (QED) is 0.624. The summed E-state index contributed by atoms with van der Waals surface area (Å²) in [5.41, 5.74) is 8.16. The van der Waals surface area contributed by atoms with E-state index in [0.717, 1.165) is 45.1 Å². The molecule has 1 atom stereocenters. The van der Waals surface area contributed by atoms with Crippen molar-refractivity contribution in [1.82, 2.24) is 5.32 Å². The molecule has 0 saturated heterocycles. The molecule has 1 unspecified atom stereocenters. The highest BCUT2D eigenvalue weighted by molar-refractivity contribution is 7.80. The van der Waals surface area contributed by atoms with Gasteiger partial charge < -0.3 is 11.1 Å². The van der Waals surface area contributed by atoms with Crippen molar-refractivity contribution in [2.45, 2.75) is 38.5 Å². The summed E-state index contributed by atoms with van der Waals surface area (Å²) in [6, 6.07) is 8.42. The molecule has 108 valence electrons. The highest BCUT2D eigenvalue weighted by Gasteiger charge is 2.23. The van der Waals surface area contributed by atoms with Gasteiger partial charge in [0, 0.05) is 12.5 Å². The second-order valence-corrected chi connectivity index (χ2v) is 5.95. The zero-order chi connectivity index (χ0) is 14.4. The predicted molar refractivity (Wildman–Crippen MR) is 85.6 cm³/mol. The molecule has 0 heterocycles. The third-order valence-corrected chi connectivity index (χ3v) is 4.07.